The first-order chi connectivity index (χ1) is 10.7. The van der Waals surface area contributed by atoms with Crippen molar-refractivity contribution in [1.29, 1.82) is 0 Å². The van der Waals surface area contributed by atoms with Crippen LogP contribution in [0.4, 0.5) is 4.39 Å². The molecular formula is C17H23FN2O2. The molecular weight excluding hydrogens is 283 g/mol. The van der Waals surface area contributed by atoms with Crippen LogP contribution in [0.1, 0.15) is 31.2 Å². The summed E-state index contributed by atoms with van der Waals surface area (Å²) in [5, 5.41) is 2.78. The lowest BCUT2D eigenvalue weighted by Gasteiger charge is -2.27. The van der Waals surface area contributed by atoms with Crippen molar-refractivity contribution in [1.82, 2.24) is 5.32 Å². The highest BCUT2D eigenvalue weighted by Crippen LogP contribution is 2.41. The van der Waals surface area contributed by atoms with E-state index in [0.717, 1.165) is 31.2 Å². The van der Waals surface area contributed by atoms with Crippen molar-refractivity contribution in [2.24, 2.45) is 5.73 Å². The molecule has 0 heterocycles. The largest absolute Gasteiger partial charge is 0.489 e. The fourth-order valence-electron chi connectivity index (χ4n) is 3.05. The van der Waals surface area contributed by atoms with Gasteiger partial charge < -0.3 is 15.8 Å². The summed E-state index contributed by atoms with van der Waals surface area (Å²) < 4.78 is 17.9. The molecule has 0 unspecified atom stereocenters. The highest BCUT2D eigenvalue weighted by molar-refractivity contribution is 5.88. The maximum absolute atomic E-state index is 12.4. The van der Waals surface area contributed by atoms with Crippen LogP contribution in [0, 0.1) is 0 Å². The number of hydrogen-bond acceptors (Lipinski definition) is 3. The van der Waals surface area contributed by atoms with Crippen molar-refractivity contribution in [2.45, 2.75) is 31.1 Å². The van der Waals surface area contributed by atoms with E-state index >= 15 is 0 Å². The van der Waals surface area contributed by atoms with E-state index in [1.807, 2.05) is 24.3 Å². The lowest BCUT2D eigenvalue weighted by molar-refractivity contribution is -0.126. The van der Waals surface area contributed by atoms with Crippen LogP contribution in [0.25, 0.3) is 0 Å². The third kappa shape index (κ3) is 3.30. The van der Waals surface area contributed by atoms with E-state index in [0.29, 0.717) is 17.7 Å². The SMILES string of the molecule is CNC(=O)C1(c2ccc(OC/C(=C/F)CN)cc2)CCCC1. The summed E-state index contributed by atoms with van der Waals surface area (Å²) in [5.74, 6) is 0.714. The molecule has 1 fully saturated rings. The van der Waals surface area contributed by atoms with E-state index in [4.69, 9.17) is 10.5 Å². The second kappa shape index (κ2) is 7.40. The van der Waals surface area contributed by atoms with Gasteiger partial charge in [0.2, 0.25) is 5.91 Å². The average Bonchev–Trinajstić information content (AvgIpc) is 3.06. The zero-order chi connectivity index (χ0) is 16.0. The minimum Gasteiger partial charge on any atom is -0.489 e. The van der Waals surface area contributed by atoms with Crippen LogP contribution >= 0.6 is 0 Å². The predicted octanol–water partition coefficient (Wildman–Crippen LogP) is 2.44. The van der Waals surface area contributed by atoms with Gasteiger partial charge in [0.1, 0.15) is 12.4 Å². The van der Waals surface area contributed by atoms with Gasteiger partial charge in [0.05, 0.1) is 11.7 Å². The highest BCUT2D eigenvalue weighted by Gasteiger charge is 2.41. The maximum Gasteiger partial charge on any atom is 0.230 e. The number of nitrogens with two attached hydrogens (primary N) is 1. The van der Waals surface area contributed by atoms with Crippen molar-refractivity contribution in [2.75, 3.05) is 20.2 Å². The van der Waals surface area contributed by atoms with Gasteiger partial charge in [0.25, 0.3) is 0 Å². The van der Waals surface area contributed by atoms with Gasteiger partial charge in [-0.1, -0.05) is 25.0 Å². The van der Waals surface area contributed by atoms with Crippen LogP contribution in [0.15, 0.2) is 36.2 Å². The topological polar surface area (TPSA) is 64.3 Å². The van der Waals surface area contributed by atoms with Gasteiger partial charge in [0, 0.05) is 19.2 Å². The molecule has 1 saturated carbocycles. The molecule has 3 N–H and O–H groups in total. The lowest BCUT2D eigenvalue weighted by atomic mass is 9.78. The van der Waals surface area contributed by atoms with Crippen LogP contribution < -0.4 is 15.8 Å². The molecule has 0 aromatic heterocycles. The first-order valence-electron chi connectivity index (χ1n) is 7.60. The number of hydrogen-bond donors (Lipinski definition) is 2. The fourth-order valence-corrected chi connectivity index (χ4v) is 3.05. The molecule has 0 atom stereocenters. The molecule has 1 aromatic carbocycles. The van der Waals surface area contributed by atoms with Crippen LogP contribution in [-0.2, 0) is 10.2 Å². The van der Waals surface area contributed by atoms with Gasteiger partial charge in [-0.2, -0.15) is 0 Å². The summed E-state index contributed by atoms with van der Waals surface area (Å²) in [4.78, 5) is 12.3. The molecule has 0 aliphatic heterocycles. The zero-order valence-electron chi connectivity index (χ0n) is 12.9. The Morgan fingerprint density at radius 3 is 2.50 bits per heavy atom. The van der Waals surface area contributed by atoms with Gasteiger partial charge in [-0.25, -0.2) is 4.39 Å². The third-order valence-electron chi connectivity index (χ3n) is 4.37. The summed E-state index contributed by atoms with van der Waals surface area (Å²) in [7, 11) is 1.68. The zero-order valence-corrected chi connectivity index (χ0v) is 12.9. The van der Waals surface area contributed by atoms with Crippen LogP contribution in [0.5, 0.6) is 5.75 Å². The van der Waals surface area contributed by atoms with E-state index in [9.17, 15) is 9.18 Å². The Morgan fingerprint density at radius 2 is 2.00 bits per heavy atom. The first kappa shape index (κ1) is 16.5. The second-order valence-electron chi connectivity index (χ2n) is 5.65. The number of ether oxygens (including phenoxy) is 1. The smallest absolute Gasteiger partial charge is 0.230 e. The summed E-state index contributed by atoms with van der Waals surface area (Å²) in [6.07, 6.45) is 4.34. The quantitative estimate of drug-likeness (QED) is 0.848. The third-order valence-corrected chi connectivity index (χ3v) is 4.37. The van der Waals surface area contributed by atoms with Crippen molar-refractivity contribution >= 4 is 5.91 Å². The van der Waals surface area contributed by atoms with Crippen molar-refractivity contribution in [3.8, 4) is 5.75 Å². The Kier molecular flexibility index (Phi) is 5.55. The number of nitrogens with one attached hydrogen (secondary N) is 1. The Hall–Kier alpha value is -1.88. The van der Waals surface area contributed by atoms with Crippen LogP contribution in [-0.4, -0.2) is 26.1 Å². The molecule has 1 aliphatic carbocycles. The average molecular weight is 306 g/mol. The van der Waals surface area contributed by atoms with E-state index < -0.39 is 5.41 Å². The Bertz CT molecular complexity index is 534. The molecule has 4 nitrogen and oxygen atoms in total. The first-order valence-corrected chi connectivity index (χ1v) is 7.60. The van der Waals surface area contributed by atoms with Gasteiger partial charge in [-0.05, 0) is 30.5 Å². The van der Waals surface area contributed by atoms with Gasteiger partial charge in [0.15, 0.2) is 0 Å². The Morgan fingerprint density at radius 1 is 1.36 bits per heavy atom. The van der Waals surface area contributed by atoms with Crippen molar-refractivity contribution < 1.29 is 13.9 Å². The molecule has 1 aromatic rings. The molecule has 1 aliphatic rings. The normalized spacial score (nSPS) is 17.3. The minimum atomic E-state index is -0.422. The molecule has 0 bridgehead atoms. The Labute approximate surface area is 130 Å². The second-order valence-corrected chi connectivity index (χ2v) is 5.65. The summed E-state index contributed by atoms with van der Waals surface area (Å²) in [6.45, 7) is 0.265. The van der Waals surface area contributed by atoms with Gasteiger partial charge >= 0.3 is 0 Å². The van der Waals surface area contributed by atoms with Crippen LogP contribution in [0.2, 0.25) is 0 Å². The molecule has 2 rings (SSSR count). The molecule has 1 amide bonds. The predicted molar refractivity (Wildman–Crippen MR) is 84.4 cm³/mol. The molecule has 22 heavy (non-hydrogen) atoms. The number of halogens is 1. The number of amides is 1. The maximum atomic E-state index is 12.4. The molecule has 0 radical (unpaired) electrons. The number of likely N-dealkylation sites (N-methyl/N-ethyl adjacent to an activating group) is 1. The molecule has 5 heteroatoms. The number of carbonyl (C=O) groups is 1. The number of carbonyl (C=O) groups excluding carboxylic acids is 1. The van der Waals surface area contributed by atoms with E-state index in [1.165, 1.54) is 0 Å². The van der Waals surface area contributed by atoms with Gasteiger partial charge in [-0.3, -0.25) is 4.79 Å². The Balaban J connectivity index is 2.12. The monoisotopic (exact) mass is 306 g/mol. The van der Waals surface area contributed by atoms with Crippen molar-refractivity contribution in [3.63, 3.8) is 0 Å². The summed E-state index contributed by atoms with van der Waals surface area (Å²) >= 11 is 0. The minimum absolute atomic E-state index is 0.0736. The van der Waals surface area contributed by atoms with E-state index in [1.54, 1.807) is 7.05 Å². The fraction of sp³-hybridized carbons (Fsp3) is 0.471. The standard InChI is InChI=1S/C17H23FN2O2/c1-20-16(21)17(8-2-3-9-17)14-4-6-15(7-5-14)22-12-13(10-18)11-19/h4-7,10H,2-3,8-9,11-12,19H2,1H3,(H,20,21)/b13-10+. The van der Waals surface area contributed by atoms with E-state index in [-0.39, 0.29) is 19.1 Å². The molecule has 0 saturated heterocycles. The lowest BCUT2D eigenvalue weighted by Crippen LogP contribution is -2.40. The summed E-state index contributed by atoms with van der Waals surface area (Å²) in [5.41, 5.74) is 6.38. The summed E-state index contributed by atoms with van der Waals surface area (Å²) in [6, 6.07) is 7.50. The van der Waals surface area contributed by atoms with Gasteiger partial charge in [-0.15, -0.1) is 0 Å². The number of rotatable bonds is 6. The molecule has 120 valence electrons. The number of benzene rings is 1. The van der Waals surface area contributed by atoms with E-state index in [2.05, 4.69) is 5.32 Å². The highest BCUT2D eigenvalue weighted by atomic mass is 19.1. The van der Waals surface area contributed by atoms with Crippen LogP contribution in [0.3, 0.4) is 0 Å². The van der Waals surface area contributed by atoms with Crippen molar-refractivity contribution in [3.05, 3.63) is 41.7 Å². The molecule has 0 spiro atoms.